The van der Waals surface area contributed by atoms with Gasteiger partial charge in [0.2, 0.25) is 0 Å². The average molecular weight is 701 g/mol. The van der Waals surface area contributed by atoms with Gasteiger partial charge < -0.3 is 0 Å². The molecule has 2 aliphatic rings. The SMILES string of the molecule is CC1(C)c2ccccc2-c2ccc(-c3c4ccccc4c(-c4cccc(-c5ccc6ccccc6c5)c4)c4cc(-c5ccc6c(c5)C=CCC6)ccc34)cc21. The monoisotopic (exact) mass is 700 g/mol. The molecular formula is C55H40. The lowest BCUT2D eigenvalue weighted by Crippen LogP contribution is -2.14. The molecule has 260 valence electrons. The Bertz CT molecular complexity index is 3060. The van der Waals surface area contributed by atoms with E-state index in [-0.39, 0.29) is 5.41 Å². The Hall–Kier alpha value is -6.50. The minimum absolute atomic E-state index is 0.0786. The van der Waals surface area contributed by atoms with E-state index in [4.69, 9.17) is 0 Å². The molecule has 0 nitrogen and oxygen atoms in total. The van der Waals surface area contributed by atoms with Crippen molar-refractivity contribution in [3.05, 3.63) is 198 Å². The fraction of sp³-hybridized carbons (Fsp3) is 0.0909. The summed E-state index contributed by atoms with van der Waals surface area (Å²) < 4.78 is 0. The summed E-state index contributed by atoms with van der Waals surface area (Å²) in [6, 6.07) is 64.1. The second kappa shape index (κ2) is 12.3. The van der Waals surface area contributed by atoms with Crippen LogP contribution in [-0.2, 0) is 11.8 Å². The zero-order chi connectivity index (χ0) is 36.7. The maximum Gasteiger partial charge on any atom is 0.0159 e. The zero-order valence-corrected chi connectivity index (χ0v) is 31.2. The molecule has 11 rings (SSSR count). The summed E-state index contributed by atoms with van der Waals surface area (Å²) in [5.41, 5.74) is 18.3. The molecule has 0 heteroatoms. The van der Waals surface area contributed by atoms with Gasteiger partial charge in [-0.25, -0.2) is 0 Å². The quantitative estimate of drug-likeness (QED) is 0.160. The molecule has 0 aliphatic heterocycles. The summed E-state index contributed by atoms with van der Waals surface area (Å²) in [6.07, 6.45) is 6.83. The third-order valence-electron chi connectivity index (χ3n) is 12.5. The number of fused-ring (bicyclic) bond motifs is 7. The van der Waals surface area contributed by atoms with Crippen LogP contribution in [0, 0.1) is 0 Å². The largest absolute Gasteiger partial charge is 0.0836 e. The van der Waals surface area contributed by atoms with Gasteiger partial charge in [-0.05, 0) is 153 Å². The predicted molar refractivity (Wildman–Crippen MR) is 236 cm³/mol. The fourth-order valence-electron chi connectivity index (χ4n) is 9.67. The lowest BCUT2D eigenvalue weighted by Gasteiger charge is -2.23. The molecule has 0 amide bonds. The van der Waals surface area contributed by atoms with Crippen LogP contribution >= 0.6 is 0 Å². The molecule has 0 fully saturated rings. The summed E-state index contributed by atoms with van der Waals surface area (Å²) >= 11 is 0. The predicted octanol–water partition coefficient (Wildman–Crippen LogP) is 15.1. The van der Waals surface area contributed by atoms with E-state index in [1.54, 1.807) is 0 Å². The van der Waals surface area contributed by atoms with Crippen molar-refractivity contribution in [2.45, 2.75) is 32.1 Å². The third-order valence-corrected chi connectivity index (χ3v) is 12.5. The highest BCUT2D eigenvalue weighted by Crippen LogP contribution is 2.51. The lowest BCUT2D eigenvalue weighted by molar-refractivity contribution is 0.660. The summed E-state index contributed by atoms with van der Waals surface area (Å²) in [4.78, 5) is 0. The second-order valence-electron chi connectivity index (χ2n) is 16.0. The molecule has 0 saturated heterocycles. The van der Waals surface area contributed by atoms with Crippen LogP contribution in [0.5, 0.6) is 0 Å². The highest BCUT2D eigenvalue weighted by molar-refractivity contribution is 6.22. The number of hydrogen-bond acceptors (Lipinski definition) is 0. The van der Waals surface area contributed by atoms with Crippen molar-refractivity contribution in [1.82, 2.24) is 0 Å². The topological polar surface area (TPSA) is 0 Å². The van der Waals surface area contributed by atoms with Gasteiger partial charge in [-0.2, -0.15) is 0 Å². The molecule has 55 heavy (non-hydrogen) atoms. The van der Waals surface area contributed by atoms with Crippen LogP contribution in [0.1, 0.15) is 42.5 Å². The minimum atomic E-state index is -0.0786. The number of rotatable bonds is 4. The average Bonchev–Trinajstić information content (AvgIpc) is 3.47. The molecule has 0 atom stereocenters. The number of aryl methyl sites for hydroxylation is 1. The highest BCUT2D eigenvalue weighted by atomic mass is 14.4. The third kappa shape index (κ3) is 5.05. The van der Waals surface area contributed by atoms with E-state index in [0.717, 1.165) is 12.8 Å². The van der Waals surface area contributed by atoms with Gasteiger partial charge in [0.1, 0.15) is 0 Å². The van der Waals surface area contributed by atoms with Crippen molar-refractivity contribution in [1.29, 1.82) is 0 Å². The van der Waals surface area contributed by atoms with Crippen LogP contribution in [0.25, 0.3) is 94.0 Å². The van der Waals surface area contributed by atoms with Gasteiger partial charge in [-0.15, -0.1) is 0 Å². The first-order valence-electron chi connectivity index (χ1n) is 19.6. The van der Waals surface area contributed by atoms with E-state index >= 15 is 0 Å². The summed E-state index contributed by atoms with van der Waals surface area (Å²) in [5, 5.41) is 7.63. The first-order chi connectivity index (χ1) is 27.0. The molecule has 0 unspecified atom stereocenters. The molecule has 0 spiro atoms. The second-order valence-corrected chi connectivity index (χ2v) is 16.0. The standard InChI is InChI=1S/C55H40/c1-55(2)51-21-10-9-18-45(51)46-28-27-44(34-52(46)55)53-47-19-7-8-20-48(47)54(43-17-11-16-39(32-43)40-24-22-35-12-3-5-14-37(35)30-40)50-33-42(26-29-49(50)53)41-25-23-36-13-4-6-15-38(36)31-41/h3,5-12,14-34H,4,13H2,1-2H3. The summed E-state index contributed by atoms with van der Waals surface area (Å²) in [6.45, 7) is 4.76. The molecule has 0 bridgehead atoms. The molecular weight excluding hydrogens is 661 g/mol. The summed E-state index contributed by atoms with van der Waals surface area (Å²) in [7, 11) is 0. The van der Waals surface area contributed by atoms with E-state index in [2.05, 4.69) is 196 Å². The lowest BCUT2D eigenvalue weighted by atomic mass is 9.80. The Morgan fingerprint density at radius 2 is 1.02 bits per heavy atom. The van der Waals surface area contributed by atoms with Crippen LogP contribution in [-0.4, -0.2) is 0 Å². The van der Waals surface area contributed by atoms with Crippen LogP contribution in [0.2, 0.25) is 0 Å². The van der Waals surface area contributed by atoms with Crippen molar-refractivity contribution < 1.29 is 0 Å². The van der Waals surface area contributed by atoms with Crippen molar-refractivity contribution in [2.75, 3.05) is 0 Å². The van der Waals surface area contributed by atoms with Crippen LogP contribution in [0.15, 0.2) is 176 Å². The Morgan fingerprint density at radius 3 is 1.91 bits per heavy atom. The minimum Gasteiger partial charge on any atom is -0.0836 e. The molecule has 0 heterocycles. The smallest absolute Gasteiger partial charge is 0.0159 e. The molecule has 9 aromatic carbocycles. The molecule has 9 aromatic rings. The molecule has 0 radical (unpaired) electrons. The van der Waals surface area contributed by atoms with Crippen LogP contribution < -0.4 is 0 Å². The van der Waals surface area contributed by atoms with Gasteiger partial charge >= 0.3 is 0 Å². The Labute approximate surface area is 323 Å². The Morgan fingerprint density at radius 1 is 0.400 bits per heavy atom. The van der Waals surface area contributed by atoms with E-state index in [0.29, 0.717) is 0 Å². The van der Waals surface area contributed by atoms with E-state index in [1.807, 2.05) is 0 Å². The van der Waals surface area contributed by atoms with Crippen molar-refractivity contribution >= 4 is 38.4 Å². The van der Waals surface area contributed by atoms with E-state index < -0.39 is 0 Å². The van der Waals surface area contributed by atoms with Crippen molar-refractivity contribution in [3.8, 4) is 55.6 Å². The van der Waals surface area contributed by atoms with Crippen LogP contribution in [0.3, 0.4) is 0 Å². The molecule has 0 N–H and O–H groups in total. The van der Waals surface area contributed by atoms with E-state index in [9.17, 15) is 0 Å². The zero-order valence-electron chi connectivity index (χ0n) is 31.2. The number of benzene rings is 9. The maximum atomic E-state index is 2.49. The fourth-order valence-corrected chi connectivity index (χ4v) is 9.67. The molecule has 0 saturated carbocycles. The summed E-state index contributed by atoms with van der Waals surface area (Å²) in [5.74, 6) is 0. The van der Waals surface area contributed by atoms with Gasteiger partial charge in [-0.1, -0.05) is 166 Å². The maximum absolute atomic E-state index is 2.49. The Balaban J connectivity index is 1.17. The number of allylic oxidation sites excluding steroid dienone is 1. The highest BCUT2D eigenvalue weighted by Gasteiger charge is 2.35. The van der Waals surface area contributed by atoms with Gasteiger partial charge in [0.15, 0.2) is 0 Å². The Kier molecular flexibility index (Phi) is 7.13. The van der Waals surface area contributed by atoms with Crippen molar-refractivity contribution in [2.24, 2.45) is 0 Å². The van der Waals surface area contributed by atoms with Gasteiger partial charge in [0.25, 0.3) is 0 Å². The van der Waals surface area contributed by atoms with Crippen molar-refractivity contribution in [3.63, 3.8) is 0 Å². The van der Waals surface area contributed by atoms with Crippen LogP contribution in [0.4, 0.5) is 0 Å². The van der Waals surface area contributed by atoms with E-state index in [1.165, 1.54) is 110 Å². The van der Waals surface area contributed by atoms with Gasteiger partial charge in [0, 0.05) is 5.41 Å². The molecule has 0 aromatic heterocycles. The first-order valence-corrected chi connectivity index (χ1v) is 19.6. The number of hydrogen-bond donors (Lipinski definition) is 0. The molecule has 2 aliphatic carbocycles. The normalized spacial score (nSPS) is 13.9. The van der Waals surface area contributed by atoms with Gasteiger partial charge in [0.05, 0.1) is 0 Å². The van der Waals surface area contributed by atoms with Gasteiger partial charge in [-0.3, -0.25) is 0 Å². The first kappa shape index (κ1) is 32.0.